The predicted octanol–water partition coefficient (Wildman–Crippen LogP) is 1.80. The van der Waals surface area contributed by atoms with E-state index in [-0.39, 0.29) is 31.2 Å². The van der Waals surface area contributed by atoms with Gasteiger partial charge in [-0.25, -0.2) is 0 Å². The molecule has 2 rings (SSSR count). The minimum Gasteiger partial charge on any atom is -0.340 e. The lowest BCUT2D eigenvalue weighted by atomic mass is 10.1. The average Bonchev–Trinajstić information content (AvgIpc) is 2.78. The maximum absolute atomic E-state index is 12.4. The first-order valence-electron chi connectivity index (χ1n) is 8.20. The highest BCUT2D eigenvalue weighted by atomic mass is 19.4. The topological polar surface area (TPSA) is 58.4 Å². The number of aryl methyl sites for hydroxylation is 2. The number of halogens is 3. The third-order valence-electron chi connectivity index (χ3n) is 4.40. The third-order valence-corrected chi connectivity index (χ3v) is 4.40. The van der Waals surface area contributed by atoms with Crippen molar-refractivity contribution in [1.29, 1.82) is 0 Å². The molecule has 140 valence electrons. The third kappa shape index (κ3) is 5.04. The van der Waals surface area contributed by atoms with Crippen LogP contribution in [0.3, 0.4) is 0 Å². The Bertz CT molecular complexity index is 647. The molecule has 0 bridgehead atoms. The van der Waals surface area contributed by atoms with E-state index in [0.717, 1.165) is 5.69 Å². The summed E-state index contributed by atoms with van der Waals surface area (Å²) in [6.07, 6.45) is -4.01. The first kappa shape index (κ1) is 19.4. The first-order chi connectivity index (χ1) is 11.6. The molecule has 1 aliphatic heterocycles. The molecule has 1 amide bonds. The normalized spacial score (nSPS) is 16.3. The molecule has 0 aromatic carbocycles. The van der Waals surface area contributed by atoms with E-state index in [2.05, 4.69) is 5.10 Å². The molecule has 6 nitrogen and oxygen atoms in total. The minimum absolute atomic E-state index is 0.0617. The molecule has 1 aliphatic rings. The Balaban J connectivity index is 1.86. The number of alkyl halides is 3. The van der Waals surface area contributed by atoms with Crippen LogP contribution in [0.1, 0.15) is 35.1 Å². The lowest BCUT2D eigenvalue weighted by molar-refractivity contribution is -0.151. The minimum atomic E-state index is -4.21. The number of amides is 1. The second-order valence-corrected chi connectivity index (χ2v) is 6.35. The second-order valence-electron chi connectivity index (χ2n) is 6.35. The Morgan fingerprint density at radius 1 is 1.12 bits per heavy atom. The van der Waals surface area contributed by atoms with Gasteiger partial charge in [-0.1, -0.05) is 0 Å². The smallest absolute Gasteiger partial charge is 0.340 e. The van der Waals surface area contributed by atoms with Gasteiger partial charge < -0.3 is 4.90 Å². The summed E-state index contributed by atoms with van der Waals surface area (Å²) in [5.74, 6) is -0.169. The Morgan fingerprint density at radius 3 is 2.20 bits per heavy atom. The van der Waals surface area contributed by atoms with Gasteiger partial charge >= 0.3 is 6.18 Å². The van der Waals surface area contributed by atoms with Crippen LogP contribution in [-0.2, 0) is 11.3 Å². The molecule has 9 heteroatoms. The van der Waals surface area contributed by atoms with Crippen LogP contribution in [0, 0.1) is 13.8 Å². The van der Waals surface area contributed by atoms with Gasteiger partial charge in [0, 0.05) is 44.8 Å². The number of hydrogen-bond acceptors (Lipinski definition) is 4. The fourth-order valence-corrected chi connectivity index (χ4v) is 3.19. The van der Waals surface area contributed by atoms with E-state index in [1.807, 2.05) is 0 Å². The van der Waals surface area contributed by atoms with E-state index in [1.165, 1.54) is 11.8 Å². The summed E-state index contributed by atoms with van der Waals surface area (Å²) in [5.41, 5.74) is 1.94. The Kier molecular flexibility index (Phi) is 5.87. The van der Waals surface area contributed by atoms with Crippen LogP contribution in [-0.4, -0.2) is 70.2 Å². The van der Waals surface area contributed by atoms with Crippen LogP contribution < -0.4 is 0 Å². The van der Waals surface area contributed by atoms with Crippen molar-refractivity contribution >= 4 is 11.7 Å². The summed E-state index contributed by atoms with van der Waals surface area (Å²) in [6.45, 7) is 5.47. The molecule has 0 aliphatic carbocycles. The molecule has 0 saturated carbocycles. The number of carbonyl (C=O) groups is 2. The van der Waals surface area contributed by atoms with Crippen molar-refractivity contribution in [2.45, 2.75) is 39.9 Å². The van der Waals surface area contributed by atoms with Crippen molar-refractivity contribution < 1.29 is 22.8 Å². The van der Waals surface area contributed by atoms with Crippen molar-refractivity contribution in [2.24, 2.45) is 0 Å². The van der Waals surface area contributed by atoms with Gasteiger partial charge in [-0.05, 0) is 20.8 Å². The molecular weight excluding hydrogens is 337 g/mol. The second kappa shape index (κ2) is 7.55. The summed E-state index contributed by atoms with van der Waals surface area (Å²) >= 11 is 0. The lowest BCUT2D eigenvalue weighted by Crippen LogP contribution is -2.51. The molecule has 0 N–H and O–H groups in total. The quantitative estimate of drug-likeness (QED) is 0.752. The largest absolute Gasteiger partial charge is 0.401 e. The number of piperazine rings is 1. The van der Waals surface area contributed by atoms with Gasteiger partial charge in [-0.3, -0.25) is 19.2 Å². The maximum Gasteiger partial charge on any atom is 0.401 e. The predicted molar refractivity (Wildman–Crippen MR) is 85.4 cm³/mol. The van der Waals surface area contributed by atoms with Gasteiger partial charge in [0.05, 0.1) is 17.8 Å². The zero-order valence-corrected chi connectivity index (χ0v) is 14.7. The van der Waals surface area contributed by atoms with Gasteiger partial charge in [-0.2, -0.15) is 18.3 Å². The molecule has 2 heterocycles. The zero-order chi connectivity index (χ0) is 18.8. The van der Waals surface area contributed by atoms with Crippen LogP contribution in [0.4, 0.5) is 13.2 Å². The van der Waals surface area contributed by atoms with Crippen LogP contribution >= 0.6 is 0 Å². The number of ketones is 1. The molecule has 1 saturated heterocycles. The van der Waals surface area contributed by atoms with E-state index in [9.17, 15) is 22.8 Å². The summed E-state index contributed by atoms with van der Waals surface area (Å²) in [6, 6.07) is 0. The van der Waals surface area contributed by atoms with E-state index >= 15 is 0 Å². The Morgan fingerprint density at radius 2 is 1.72 bits per heavy atom. The van der Waals surface area contributed by atoms with Gasteiger partial charge in [0.1, 0.15) is 0 Å². The van der Waals surface area contributed by atoms with E-state index in [0.29, 0.717) is 30.9 Å². The van der Waals surface area contributed by atoms with Crippen molar-refractivity contribution in [3.05, 3.63) is 17.0 Å². The van der Waals surface area contributed by atoms with E-state index < -0.39 is 12.7 Å². The monoisotopic (exact) mass is 360 g/mol. The molecule has 1 aromatic rings. The Hall–Kier alpha value is -1.90. The fourth-order valence-electron chi connectivity index (χ4n) is 3.19. The molecule has 0 spiro atoms. The lowest BCUT2D eigenvalue weighted by Gasteiger charge is -2.35. The number of rotatable bonds is 5. The van der Waals surface area contributed by atoms with E-state index in [1.54, 1.807) is 23.4 Å². The average molecular weight is 360 g/mol. The highest BCUT2D eigenvalue weighted by molar-refractivity contribution is 5.96. The number of aromatic nitrogens is 2. The summed E-state index contributed by atoms with van der Waals surface area (Å²) in [5, 5.41) is 4.29. The fraction of sp³-hybridized carbons (Fsp3) is 0.688. The van der Waals surface area contributed by atoms with E-state index in [4.69, 9.17) is 0 Å². The molecule has 25 heavy (non-hydrogen) atoms. The summed E-state index contributed by atoms with van der Waals surface area (Å²) < 4.78 is 38.8. The first-order valence-corrected chi connectivity index (χ1v) is 8.20. The van der Waals surface area contributed by atoms with Crippen molar-refractivity contribution in [2.75, 3.05) is 32.7 Å². The van der Waals surface area contributed by atoms with Gasteiger partial charge in [0.15, 0.2) is 5.78 Å². The number of Topliss-reactive ketones (excluding diaryl/α,β-unsaturated/α-hetero) is 1. The molecule has 0 unspecified atom stereocenters. The highest BCUT2D eigenvalue weighted by Gasteiger charge is 2.32. The van der Waals surface area contributed by atoms with Crippen molar-refractivity contribution in [1.82, 2.24) is 19.6 Å². The Labute approximate surface area is 144 Å². The summed E-state index contributed by atoms with van der Waals surface area (Å²) in [7, 11) is 0. The zero-order valence-electron chi connectivity index (χ0n) is 14.7. The number of hydrogen-bond donors (Lipinski definition) is 0. The van der Waals surface area contributed by atoms with Gasteiger partial charge in [0.25, 0.3) is 0 Å². The SMILES string of the molecule is CC(=O)c1c(C)nn(CCC(=O)N2CCN(CC(F)(F)F)CC2)c1C. The van der Waals surface area contributed by atoms with Gasteiger partial charge in [-0.15, -0.1) is 0 Å². The molecule has 1 fully saturated rings. The summed E-state index contributed by atoms with van der Waals surface area (Å²) in [4.78, 5) is 26.8. The van der Waals surface area contributed by atoms with Crippen LogP contribution in [0.2, 0.25) is 0 Å². The van der Waals surface area contributed by atoms with Crippen LogP contribution in [0.5, 0.6) is 0 Å². The highest BCUT2D eigenvalue weighted by Crippen LogP contribution is 2.18. The number of nitrogens with zero attached hydrogens (tertiary/aromatic N) is 4. The number of carbonyl (C=O) groups excluding carboxylic acids is 2. The van der Waals surface area contributed by atoms with Crippen molar-refractivity contribution in [3.63, 3.8) is 0 Å². The molecular formula is C16H23F3N4O2. The van der Waals surface area contributed by atoms with Crippen LogP contribution in [0.15, 0.2) is 0 Å². The van der Waals surface area contributed by atoms with Gasteiger partial charge in [0.2, 0.25) is 5.91 Å². The maximum atomic E-state index is 12.4. The van der Waals surface area contributed by atoms with Crippen molar-refractivity contribution in [3.8, 4) is 0 Å². The molecule has 1 aromatic heterocycles. The molecule has 0 radical (unpaired) electrons. The van der Waals surface area contributed by atoms with Crippen LogP contribution in [0.25, 0.3) is 0 Å². The standard InChI is InChI=1S/C16H23F3N4O2/c1-11-15(13(3)24)12(2)23(20-11)5-4-14(25)22-8-6-21(7-9-22)10-16(17,18)19/h4-10H2,1-3H3. The molecule has 0 atom stereocenters.